The first kappa shape index (κ1) is 4.54. The third-order valence-electron chi connectivity index (χ3n) is 1.15. The SMILES string of the molecule is [2H]c1cccc(C([2H])C([2H])C(=O)O)c1. The van der Waals surface area contributed by atoms with Crippen LogP contribution in [-0.2, 0) is 11.2 Å². The van der Waals surface area contributed by atoms with Crippen molar-refractivity contribution in [2.24, 2.45) is 0 Å². The molecule has 0 heterocycles. The van der Waals surface area contributed by atoms with Gasteiger partial charge in [0.05, 0.1) is 1.37 Å². The summed E-state index contributed by atoms with van der Waals surface area (Å²) in [6, 6.07) is 6.30. The number of rotatable bonds is 3. The zero-order chi connectivity index (χ0) is 10.7. The lowest BCUT2D eigenvalue weighted by molar-refractivity contribution is -0.136. The molecule has 0 aliphatic rings. The first-order valence-electron chi connectivity index (χ1n) is 4.81. The van der Waals surface area contributed by atoms with Crippen LogP contribution in [0.4, 0.5) is 0 Å². The van der Waals surface area contributed by atoms with Crippen LogP contribution in [-0.4, -0.2) is 11.1 Å². The van der Waals surface area contributed by atoms with Crippen molar-refractivity contribution in [3.8, 4) is 0 Å². The Morgan fingerprint density at radius 3 is 3.09 bits per heavy atom. The van der Waals surface area contributed by atoms with E-state index in [2.05, 4.69) is 0 Å². The molecule has 2 unspecified atom stereocenters. The van der Waals surface area contributed by atoms with Crippen LogP contribution in [0.5, 0.6) is 0 Å². The molecule has 2 atom stereocenters. The maximum atomic E-state index is 10.4. The third kappa shape index (κ3) is 2.85. The molecule has 2 nitrogen and oxygen atoms in total. The number of carboxylic acid groups (broad SMARTS) is 1. The van der Waals surface area contributed by atoms with E-state index in [9.17, 15) is 4.79 Å². The van der Waals surface area contributed by atoms with E-state index in [1.54, 1.807) is 12.1 Å². The van der Waals surface area contributed by atoms with Gasteiger partial charge in [0.2, 0.25) is 0 Å². The topological polar surface area (TPSA) is 37.3 Å². The molecule has 11 heavy (non-hydrogen) atoms. The van der Waals surface area contributed by atoms with Gasteiger partial charge in [-0.05, 0) is 12.0 Å². The van der Waals surface area contributed by atoms with Crippen molar-refractivity contribution in [1.82, 2.24) is 0 Å². The average molecular weight is 153 g/mol. The van der Waals surface area contributed by atoms with Crippen LogP contribution in [0.25, 0.3) is 0 Å². The summed E-state index contributed by atoms with van der Waals surface area (Å²) in [5, 5.41) is 8.53. The normalized spacial score (nSPS) is 19.1. The van der Waals surface area contributed by atoms with Gasteiger partial charge in [-0.3, -0.25) is 4.79 Å². The monoisotopic (exact) mass is 153 g/mol. The molecule has 58 valence electrons. The third-order valence-corrected chi connectivity index (χ3v) is 1.15. The Labute approximate surface area is 69.7 Å². The maximum Gasteiger partial charge on any atom is 0.303 e. The van der Waals surface area contributed by atoms with Gasteiger partial charge in [-0.2, -0.15) is 0 Å². The Morgan fingerprint density at radius 1 is 1.64 bits per heavy atom. The molecule has 0 saturated carbocycles. The van der Waals surface area contributed by atoms with Crippen molar-refractivity contribution in [2.45, 2.75) is 12.8 Å². The van der Waals surface area contributed by atoms with Gasteiger partial charge in [0.15, 0.2) is 0 Å². The molecule has 0 radical (unpaired) electrons. The van der Waals surface area contributed by atoms with Gasteiger partial charge in [-0.25, -0.2) is 0 Å². The minimum Gasteiger partial charge on any atom is -0.481 e. The molecule has 0 bridgehead atoms. The van der Waals surface area contributed by atoms with E-state index in [-0.39, 0.29) is 6.04 Å². The number of aryl methyl sites for hydroxylation is 1. The fourth-order valence-electron chi connectivity index (χ4n) is 0.678. The minimum absolute atomic E-state index is 0.220. The number of carboxylic acids is 1. The number of hydrogen-bond acceptors (Lipinski definition) is 1. The molecule has 0 aliphatic carbocycles. The highest BCUT2D eigenvalue weighted by Crippen LogP contribution is 2.01. The fourth-order valence-corrected chi connectivity index (χ4v) is 0.678. The lowest BCUT2D eigenvalue weighted by Gasteiger charge is -1.95. The number of hydrogen-bond donors (Lipinski definition) is 1. The van der Waals surface area contributed by atoms with Crippen LogP contribution in [0, 0.1) is 0 Å². The average Bonchev–Trinajstić information content (AvgIpc) is 2.15. The maximum absolute atomic E-state index is 10.4. The molecule has 1 aromatic rings. The van der Waals surface area contributed by atoms with E-state index in [0.717, 1.165) is 0 Å². The highest BCUT2D eigenvalue weighted by atomic mass is 16.4. The molecule has 1 N–H and O–H groups in total. The van der Waals surface area contributed by atoms with Gasteiger partial charge in [-0.15, -0.1) is 0 Å². The minimum atomic E-state index is -1.50. The predicted molar refractivity (Wildman–Crippen MR) is 42.4 cm³/mol. The molecule has 0 saturated heterocycles. The second-order valence-corrected chi connectivity index (χ2v) is 2.01. The summed E-state index contributed by atoms with van der Waals surface area (Å²) in [6.07, 6.45) is -2.64. The van der Waals surface area contributed by atoms with Crippen LogP contribution in [0.1, 0.15) is 16.1 Å². The Hall–Kier alpha value is -1.31. The van der Waals surface area contributed by atoms with Crippen molar-refractivity contribution < 1.29 is 14.0 Å². The lowest BCUT2D eigenvalue weighted by atomic mass is 10.1. The molecule has 0 aliphatic heterocycles. The smallest absolute Gasteiger partial charge is 0.303 e. The quantitative estimate of drug-likeness (QED) is 0.717. The van der Waals surface area contributed by atoms with E-state index < -0.39 is 18.8 Å². The number of carbonyl (C=O) groups is 1. The summed E-state index contributed by atoms with van der Waals surface area (Å²) < 4.78 is 22.0. The first-order valence-corrected chi connectivity index (χ1v) is 3.16. The van der Waals surface area contributed by atoms with Crippen LogP contribution in [0.2, 0.25) is 0 Å². The van der Waals surface area contributed by atoms with Crippen LogP contribution in [0.15, 0.2) is 30.3 Å². The summed E-state index contributed by atoms with van der Waals surface area (Å²) >= 11 is 0. The van der Waals surface area contributed by atoms with Gasteiger partial charge in [0, 0.05) is 9.14 Å². The van der Waals surface area contributed by atoms with E-state index in [1.807, 2.05) is 0 Å². The van der Waals surface area contributed by atoms with Crippen LogP contribution >= 0.6 is 0 Å². The molecule has 1 aromatic carbocycles. The number of benzene rings is 1. The Kier molecular flexibility index (Phi) is 1.55. The van der Waals surface area contributed by atoms with Crippen molar-refractivity contribution in [2.75, 3.05) is 0 Å². The molecule has 2 heteroatoms. The summed E-state index contributed by atoms with van der Waals surface area (Å²) in [7, 11) is 0. The zero-order valence-corrected chi connectivity index (χ0v) is 5.82. The fraction of sp³-hybridized carbons (Fsp3) is 0.222. The van der Waals surface area contributed by atoms with Crippen LogP contribution < -0.4 is 0 Å². The van der Waals surface area contributed by atoms with Gasteiger partial charge < -0.3 is 5.11 Å². The lowest BCUT2D eigenvalue weighted by Crippen LogP contribution is -1.96. The second kappa shape index (κ2) is 3.76. The molecule has 0 amide bonds. The Balaban J connectivity index is 2.89. The molecule has 0 spiro atoms. The van der Waals surface area contributed by atoms with E-state index in [0.29, 0.717) is 5.56 Å². The largest absolute Gasteiger partial charge is 0.481 e. The van der Waals surface area contributed by atoms with Crippen LogP contribution in [0.3, 0.4) is 0 Å². The van der Waals surface area contributed by atoms with Gasteiger partial charge in [-0.1, -0.05) is 30.3 Å². The van der Waals surface area contributed by atoms with Gasteiger partial charge >= 0.3 is 5.97 Å². The molecule has 1 rings (SSSR count). The van der Waals surface area contributed by atoms with E-state index in [1.165, 1.54) is 12.1 Å². The molecular weight excluding hydrogens is 140 g/mol. The summed E-state index contributed by atoms with van der Waals surface area (Å²) in [6.45, 7) is 0. The standard InChI is InChI=1S/C9H10O2/c10-9(11)7-6-8-4-2-1-3-5-8/h1-5H,6-7H2,(H,10,11)/i2D,6D,7D. The van der Waals surface area contributed by atoms with Crippen molar-refractivity contribution in [3.05, 3.63) is 35.9 Å². The van der Waals surface area contributed by atoms with Gasteiger partial charge in [0.25, 0.3) is 0 Å². The summed E-state index contributed by atoms with van der Waals surface area (Å²) in [5.74, 6) is -1.32. The Morgan fingerprint density at radius 2 is 2.45 bits per heavy atom. The highest BCUT2D eigenvalue weighted by molar-refractivity contribution is 5.67. The second-order valence-electron chi connectivity index (χ2n) is 2.01. The molecule has 0 fully saturated rings. The molecule has 0 aromatic heterocycles. The van der Waals surface area contributed by atoms with E-state index in [4.69, 9.17) is 9.22 Å². The van der Waals surface area contributed by atoms with Gasteiger partial charge in [0.1, 0.15) is 0 Å². The first-order chi connectivity index (χ1) is 6.52. The highest BCUT2D eigenvalue weighted by Gasteiger charge is 1.96. The zero-order valence-electron chi connectivity index (χ0n) is 8.82. The summed E-state index contributed by atoms with van der Waals surface area (Å²) in [5.41, 5.74) is 0.389. The summed E-state index contributed by atoms with van der Waals surface area (Å²) in [4.78, 5) is 10.4. The Bertz CT molecular complexity index is 341. The number of aliphatic carboxylic acids is 1. The van der Waals surface area contributed by atoms with Crippen molar-refractivity contribution in [1.29, 1.82) is 0 Å². The molecular formula is C9H10O2. The predicted octanol–water partition coefficient (Wildman–Crippen LogP) is 1.70. The van der Waals surface area contributed by atoms with Crippen molar-refractivity contribution >= 4 is 5.97 Å². The van der Waals surface area contributed by atoms with E-state index >= 15 is 0 Å². The van der Waals surface area contributed by atoms with Crippen molar-refractivity contribution in [3.63, 3.8) is 0 Å².